The molecule has 0 aromatic rings. The molecule has 10 nitrogen and oxygen atoms in total. The summed E-state index contributed by atoms with van der Waals surface area (Å²) < 4.78 is 0. The molecule has 23 heavy (non-hydrogen) atoms. The van der Waals surface area contributed by atoms with Crippen molar-refractivity contribution in [2.75, 3.05) is 13.1 Å². The molecule has 0 aliphatic rings. The third kappa shape index (κ3) is 14200. The number of hydrogen-bond donors (Lipinski definition) is 5. The number of carbonyl (C=O) groups is 4. The fraction of sp³-hybridized carbons (Fsp3) is 0.200. The van der Waals surface area contributed by atoms with Gasteiger partial charge < -0.3 is 34.7 Å². The molecular formula is C10H21N2Na2NiO8-5. The number of carboxylic acid groups (broad SMARTS) is 4. The van der Waals surface area contributed by atoms with E-state index in [-0.39, 0.29) is 78.5 Å². The number of aliphatic carboxylic acids is 4. The number of nitrogens with one attached hydrogen (secondary N) is 1. The molecule has 7 N–H and O–H groups in total. The smallest absolute Gasteiger partial charge is 1.00 e. The Hall–Kier alpha value is -0.226. The molecule has 0 fully saturated rings. The van der Waals surface area contributed by atoms with E-state index in [2.05, 4.69) is 27.7 Å². The van der Waals surface area contributed by atoms with E-state index < -0.39 is 23.9 Å². The van der Waals surface area contributed by atoms with Crippen molar-refractivity contribution >= 4 is 23.9 Å². The Morgan fingerprint density at radius 3 is 0.826 bits per heavy atom. The van der Waals surface area contributed by atoms with Crippen molar-refractivity contribution in [1.82, 2.24) is 0 Å². The maximum Gasteiger partial charge on any atom is 1.00 e. The fourth-order valence-corrected chi connectivity index (χ4v) is 0. The van der Waals surface area contributed by atoms with Crippen LogP contribution in [0.1, 0.15) is 2.85 Å². The van der Waals surface area contributed by atoms with Gasteiger partial charge in [-0.15, -0.1) is 6.54 Å². The summed E-state index contributed by atoms with van der Waals surface area (Å²) in [6.07, 6.45) is 0. The van der Waals surface area contributed by atoms with Gasteiger partial charge in [0.05, 0.1) is 0 Å². The molecule has 0 amide bonds. The van der Waals surface area contributed by atoms with Crippen LogP contribution >= 0.6 is 0 Å². The van der Waals surface area contributed by atoms with E-state index in [0.717, 1.165) is 0 Å². The zero-order chi connectivity index (χ0) is 17.7. The molecule has 0 rings (SSSR count). The zero-order valence-electron chi connectivity index (χ0n) is 15.1. The van der Waals surface area contributed by atoms with Crippen LogP contribution in [0.3, 0.4) is 0 Å². The molecule has 0 atom stereocenters. The summed E-state index contributed by atoms with van der Waals surface area (Å²) >= 11 is 0. The van der Waals surface area contributed by atoms with Gasteiger partial charge in [0, 0.05) is 16.5 Å². The summed E-state index contributed by atoms with van der Waals surface area (Å²) in [6, 6.07) is 0. The van der Waals surface area contributed by atoms with Gasteiger partial charge in [-0.2, -0.15) is 0 Å². The van der Waals surface area contributed by atoms with E-state index in [4.69, 9.17) is 51.1 Å². The Morgan fingerprint density at radius 1 is 0.783 bits per heavy atom. The summed E-state index contributed by atoms with van der Waals surface area (Å²) in [5.74, 6) is -4.33. The molecule has 0 radical (unpaired) electrons. The third-order valence-corrected chi connectivity index (χ3v) is 0.144. The van der Waals surface area contributed by atoms with Crippen molar-refractivity contribution in [3.05, 3.63) is 33.4 Å². The molecule has 0 bridgehead atoms. The average molecular weight is 402 g/mol. The minimum absolute atomic E-state index is 0. The van der Waals surface area contributed by atoms with Gasteiger partial charge in [0.2, 0.25) is 0 Å². The van der Waals surface area contributed by atoms with E-state index in [0.29, 0.717) is 13.1 Å². The summed E-state index contributed by atoms with van der Waals surface area (Å²) in [6.45, 7) is 11.1. The minimum atomic E-state index is -1.08. The predicted octanol–water partition coefficient (Wildman–Crippen LogP) is -6.15. The fourth-order valence-electron chi connectivity index (χ4n) is 0. The van der Waals surface area contributed by atoms with Gasteiger partial charge in [0.15, 0.2) is 23.9 Å². The summed E-state index contributed by atoms with van der Waals surface area (Å²) in [7, 11) is 0. The molecule has 13 heteroatoms. The number of carboxylic acids is 4. The van der Waals surface area contributed by atoms with Gasteiger partial charge in [0.1, 0.15) is 0 Å². The Bertz CT molecular complexity index is 215. The van der Waals surface area contributed by atoms with E-state index in [9.17, 15) is 0 Å². The third-order valence-electron chi connectivity index (χ3n) is 0.144. The Morgan fingerprint density at radius 2 is 0.826 bits per heavy atom. The molecular weight excluding hydrogens is 381 g/mol. The quantitative estimate of drug-likeness (QED) is 0.209. The molecule has 0 aliphatic heterocycles. The van der Waals surface area contributed by atoms with Crippen LogP contribution < -0.4 is 64.8 Å². The van der Waals surface area contributed by atoms with Crippen molar-refractivity contribution in [1.29, 1.82) is 0 Å². The standard InChI is InChI=1S/C2H7N2.4C2H3O2.2Na.Ni.2H/c3-1-2-4;4*1-2(3)4;;;;;/h3H,1-2,4H2;4*1H2,(H,3,4);;;;;/q5*-1;2*+1;;2*-1. The summed E-state index contributed by atoms with van der Waals surface area (Å²) in [5, 5.41) is 29.2. The second-order valence-corrected chi connectivity index (χ2v) is 2.11. The average Bonchev–Trinajstić information content (AvgIpc) is 2.13. The molecule has 0 unspecified atom stereocenters. The van der Waals surface area contributed by atoms with E-state index in [1.54, 1.807) is 0 Å². The molecule has 0 aliphatic carbocycles. The van der Waals surface area contributed by atoms with Crippen LogP contribution in [0.4, 0.5) is 0 Å². The first kappa shape index (κ1) is 49.5. The Balaban J connectivity index is -0.0000000134. The van der Waals surface area contributed by atoms with Crippen LogP contribution in [0.25, 0.3) is 5.73 Å². The second-order valence-electron chi connectivity index (χ2n) is 2.11. The molecule has 0 heterocycles. The van der Waals surface area contributed by atoms with Gasteiger partial charge in [-0.25, -0.2) is 0 Å². The largest absolute Gasteiger partial charge is 1.00 e. The van der Waals surface area contributed by atoms with Crippen molar-refractivity contribution < 1.29 is 118 Å². The van der Waals surface area contributed by atoms with Gasteiger partial charge >= 0.3 is 59.1 Å². The van der Waals surface area contributed by atoms with Crippen molar-refractivity contribution in [3.8, 4) is 0 Å². The molecule has 0 saturated carbocycles. The van der Waals surface area contributed by atoms with Gasteiger partial charge in [0.25, 0.3) is 0 Å². The molecule has 0 saturated heterocycles. The van der Waals surface area contributed by atoms with Crippen LogP contribution in [0.5, 0.6) is 0 Å². The molecule has 0 aromatic carbocycles. The molecule has 0 spiro atoms. The first-order chi connectivity index (χ1) is 8.84. The minimum Gasteiger partial charge on any atom is -1.00 e. The van der Waals surface area contributed by atoms with E-state index in [1.165, 1.54) is 0 Å². The molecule has 0 aromatic heterocycles. The molecule has 136 valence electrons. The van der Waals surface area contributed by atoms with Crippen molar-refractivity contribution in [2.45, 2.75) is 0 Å². The van der Waals surface area contributed by atoms with Crippen LogP contribution in [0, 0.1) is 27.7 Å². The van der Waals surface area contributed by atoms with Gasteiger partial charge in [-0.05, 0) is 6.54 Å². The van der Waals surface area contributed by atoms with Crippen molar-refractivity contribution in [2.24, 2.45) is 5.73 Å². The maximum atomic E-state index is 8.89. The first-order valence-electron chi connectivity index (χ1n) is 4.39. The van der Waals surface area contributed by atoms with Crippen LogP contribution in [0.15, 0.2) is 0 Å². The van der Waals surface area contributed by atoms with Crippen LogP contribution in [-0.4, -0.2) is 57.4 Å². The monoisotopic (exact) mass is 401 g/mol. The van der Waals surface area contributed by atoms with Crippen LogP contribution in [-0.2, 0) is 35.7 Å². The second kappa shape index (κ2) is 49.5. The van der Waals surface area contributed by atoms with E-state index >= 15 is 0 Å². The topological polar surface area (TPSA) is 199 Å². The maximum absolute atomic E-state index is 8.89. The zero-order valence-corrected chi connectivity index (χ0v) is 18.0. The van der Waals surface area contributed by atoms with Gasteiger partial charge in [-0.3, -0.25) is 46.9 Å². The Labute approximate surface area is 192 Å². The predicted molar refractivity (Wildman–Crippen MR) is 72.4 cm³/mol. The summed E-state index contributed by atoms with van der Waals surface area (Å²) in [5.41, 5.74) is 11.2. The van der Waals surface area contributed by atoms with Crippen LogP contribution in [0.2, 0.25) is 0 Å². The van der Waals surface area contributed by atoms with Gasteiger partial charge in [-0.1, -0.05) is 0 Å². The first-order valence-corrected chi connectivity index (χ1v) is 4.39. The van der Waals surface area contributed by atoms with E-state index in [1.807, 2.05) is 0 Å². The number of nitrogens with two attached hydrogens (primary N) is 1. The number of rotatable bonds is 1. The SMILES string of the molecule is [CH2-]C(=O)O.[CH2-]C(=O)O.[CH2-]C(=O)O.[CH2-]C(=O)O.[H-].[H-].[NH-]CCN.[Na+].[Na+].[Ni]. The summed E-state index contributed by atoms with van der Waals surface area (Å²) in [4.78, 5) is 35.6. The Kier molecular flexibility index (Phi) is 107. The normalized spacial score (nSPS) is 5.48. The number of hydrogen-bond acceptors (Lipinski definition) is 5. The van der Waals surface area contributed by atoms with Crippen molar-refractivity contribution in [3.63, 3.8) is 0 Å².